The summed E-state index contributed by atoms with van der Waals surface area (Å²) in [6.07, 6.45) is 17.1. The fraction of sp³-hybridized carbons (Fsp3) is 0.444. The fourth-order valence-corrected chi connectivity index (χ4v) is 4.94. The number of carbonyl (C=O) groups excluding carboxylic acids is 1. The van der Waals surface area contributed by atoms with Crippen molar-refractivity contribution < 1.29 is 4.79 Å². The molecule has 0 aliphatic heterocycles. The van der Waals surface area contributed by atoms with Gasteiger partial charge >= 0.3 is 0 Å². The van der Waals surface area contributed by atoms with Crippen molar-refractivity contribution in [3.05, 3.63) is 76.9 Å². The van der Waals surface area contributed by atoms with Crippen molar-refractivity contribution in [2.24, 2.45) is 0 Å². The summed E-state index contributed by atoms with van der Waals surface area (Å²) in [5.41, 5.74) is 4.75. The van der Waals surface area contributed by atoms with E-state index < -0.39 is 0 Å². The molecular weight excluding hydrogens is 340 g/mol. The molecule has 0 amide bonds. The van der Waals surface area contributed by atoms with E-state index in [1.807, 2.05) is 18.2 Å². The van der Waals surface area contributed by atoms with Gasteiger partial charge in [0.2, 0.25) is 0 Å². The average Bonchev–Trinajstić information content (AvgIpc) is 2.79. The Morgan fingerprint density at radius 3 is 1.61 bits per heavy atom. The Labute approximate surface area is 169 Å². The highest BCUT2D eigenvalue weighted by molar-refractivity contribution is 6.06. The van der Waals surface area contributed by atoms with E-state index in [2.05, 4.69) is 36.4 Å². The van der Waals surface area contributed by atoms with E-state index in [4.69, 9.17) is 0 Å². The van der Waals surface area contributed by atoms with E-state index in [1.54, 1.807) is 6.08 Å². The molecule has 28 heavy (non-hydrogen) atoms. The number of ketones is 1. The zero-order chi connectivity index (χ0) is 19.2. The molecule has 2 fully saturated rings. The van der Waals surface area contributed by atoms with Crippen molar-refractivity contribution in [3.63, 3.8) is 0 Å². The number of benzene rings is 2. The van der Waals surface area contributed by atoms with Crippen molar-refractivity contribution in [1.82, 2.24) is 0 Å². The highest BCUT2D eigenvalue weighted by Gasteiger charge is 2.16. The van der Waals surface area contributed by atoms with Crippen LogP contribution in [0.2, 0.25) is 0 Å². The van der Waals surface area contributed by atoms with Gasteiger partial charge < -0.3 is 0 Å². The van der Waals surface area contributed by atoms with Gasteiger partial charge in [-0.2, -0.15) is 0 Å². The lowest BCUT2D eigenvalue weighted by Gasteiger charge is -2.22. The average molecular weight is 373 g/mol. The van der Waals surface area contributed by atoms with Gasteiger partial charge in [-0.3, -0.25) is 4.79 Å². The van der Waals surface area contributed by atoms with Crippen molar-refractivity contribution in [2.45, 2.75) is 76.0 Å². The largest absolute Gasteiger partial charge is 0.289 e. The van der Waals surface area contributed by atoms with Crippen LogP contribution in [0.3, 0.4) is 0 Å². The molecule has 4 rings (SSSR count). The number of carbonyl (C=O) groups is 1. The topological polar surface area (TPSA) is 17.1 Å². The van der Waals surface area contributed by atoms with Crippen LogP contribution in [0.1, 0.15) is 103 Å². The summed E-state index contributed by atoms with van der Waals surface area (Å²) in [6.45, 7) is 0. The standard InChI is InChI=1S/C27H32O/c28-27(26-18-16-25(17-19-26)23-9-5-2-6-10-23)20-13-21-11-14-24(15-12-21)22-7-3-1-4-8-22/h11-20,22-23H,1-10H2/b20-13+. The van der Waals surface area contributed by atoms with E-state index in [-0.39, 0.29) is 5.78 Å². The third-order valence-electron chi connectivity index (χ3n) is 6.71. The monoisotopic (exact) mass is 372 g/mol. The molecule has 2 aromatic rings. The lowest BCUT2D eigenvalue weighted by molar-refractivity contribution is 0.104. The van der Waals surface area contributed by atoms with E-state index in [1.165, 1.54) is 75.3 Å². The molecule has 146 valence electrons. The van der Waals surface area contributed by atoms with Gasteiger partial charge in [-0.05, 0) is 60.3 Å². The lowest BCUT2D eigenvalue weighted by atomic mass is 9.84. The lowest BCUT2D eigenvalue weighted by Crippen LogP contribution is -2.05. The number of rotatable bonds is 5. The van der Waals surface area contributed by atoms with Crippen molar-refractivity contribution >= 4 is 11.9 Å². The van der Waals surface area contributed by atoms with E-state index in [0.29, 0.717) is 5.92 Å². The van der Waals surface area contributed by atoms with E-state index >= 15 is 0 Å². The molecule has 0 bridgehead atoms. The Morgan fingerprint density at radius 2 is 1.11 bits per heavy atom. The van der Waals surface area contributed by atoms with Crippen molar-refractivity contribution in [1.29, 1.82) is 0 Å². The Morgan fingerprint density at radius 1 is 0.643 bits per heavy atom. The molecule has 0 aromatic heterocycles. The molecule has 0 radical (unpaired) electrons. The Balaban J connectivity index is 1.36. The molecule has 0 spiro atoms. The summed E-state index contributed by atoms with van der Waals surface area (Å²) in [4.78, 5) is 12.5. The number of allylic oxidation sites excluding steroid dienone is 1. The maximum absolute atomic E-state index is 12.5. The van der Waals surface area contributed by atoms with Gasteiger partial charge in [0.25, 0.3) is 0 Å². The number of hydrogen-bond acceptors (Lipinski definition) is 1. The van der Waals surface area contributed by atoms with Crippen LogP contribution in [-0.4, -0.2) is 5.78 Å². The Kier molecular flexibility index (Phi) is 6.41. The zero-order valence-electron chi connectivity index (χ0n) is 16.9. The first kappa shape index (κ1) is 19.2. The minimum atomic E-state index is 0.0894. The first-order valence-corrected chi connectivity index (χ1v) is 11.2. The molecule has 2 saturated carbocycles. The Bertz CT molecular complexity index is 785. The smallest absolute Gasteiger partial charge is 0.185 e. The summed E-state index contributed by atoms with van der Waals surface area (Å²) >= 11 is 0. The second-order valence-electron chi connectivity index (χ2n) is 8.66. The third-order valence-corrected chi connectivity index (χ3v) is 6.71. The van der Waals surface area contributed by atoms with Crippen LogP contribution in [0.4, 0.5) is 0 Å². The Hall–Kier alpha value is -2.15. The van der Waals surface area contributed by atoms with E-state index in [9.17, 15) is 4.79 Å². The third kappa shape index (κ3) is 4.82. The molecule has 2 aromatic carbocycles. The SMILES string of the molecule is O=C(/C=C/c1ccc(C2CCCCC2)cc1)c1ccc(C2CCCCC2)cc1. The molecule has 0 atom stereocenters. The number of hydrogen-bond donors (Lipinski definition) is 0. The predicted octanol–water partition coefficient (Wildman–Crippen LogP) is 7.68. The fourth-order valence-electron chi connectivity index (χ4n) is 4.94. The molecule has 1 nitrogen and oxygen atoms in total. The van der Waals surface area contributed by atoms with E-state index in [0.717, 1.165) is 17.0 Å². The maximum atomic E-state index is 12.5. The van der Waals surface area contributed by atoms with Gasteiger partial charge in [0, 0.05) is 5.56 Å². The van der Waals surface area contributed by atoms with Crippen LogP contribution in [0, 0.1) is 0 Å². The minimum Gasteiger partial charge on any atom is -0.289 e. The summed E-state index contributed by atoms with van der Waals surface area (Å²) in [6, 6.07) is 17.1. The molecule has 0 unspecified atom stereocenters. The summed E-state index contributed by atoms with van der Waals surface area (Å²) in [7, 11) is 0. The summed E-state index contributed by atoms with van der Waals surface area (Å²) in [5, 5.41) is 0. The van der Waals surface area contributed by atoms with Crippen LogP contribution in [0.5, 0.6) is 0 Å². The zero-order valence-corrected chi connectivity index (χ0v) is 16.9. The highest BCUT2D eigenvalue weighted by Crippen LogP contribution is 2.33. The molecule has 1 heteroatoms. The van der Waals surface area contributed by atoms with Gasteiger partial charge in [0.1, 0.15) is 0 Å². The summed E-state index contributed by atoms with van der Waals surface area (Å²) in [5.74, 6) is 1.51. The van der Waals surface area contributed by atoms with Gasteiger partial charge in [-0.1, -0.05) is 93.1 Å². The maximum Gasteiger partial charge on any atom is 0.185 e. The highest BCUT2D eigenvalue weighted by atomic mass is 16.1. The van der Waals surface area contributed by atoms with Crippen molar-refractivity contribution in [3.8, 4) is 0 Å². The first-order valence-electron chi connectivity index (χ1n) is 11.2. The van der Waals surface area contributed by atoms with Gasteiger partial charge in [0.15, 0.2) is 5.78 Å². The minimum absolute atomic E-state index is 0.0894. The second-order valence-corrected chi connectivity index (χ2v) is 8.66. The van der Waals surface area contributed by atoms with Crippen molar-refractivity contribution in [2.75, 3.05) is 0 Å². The molecular formula is C27H32O. The van der Waals surface area contributed by atoms with Crippen LogP contribution in [0.25, 0.3) is 6.08 Å². The molecule has 2 aliphatic carbocycles. The first-order chi connectivity index (χ1) is 13.8. The molecule has 0 N–H and O–H groups in total. The van der Waals surface area contributed by atoms with Crippen LogP contribution >= 0.6 is 0 Å². The van der Waals surface area contributed by atoms with Crippen LogP contribution in [0.15, 0.2) is 54.6 Å². The molecule has 2 aliphatic rings. The predicted molar refractivity (Wildman–Crippen MR) is 118 cm³/mol. The molecule has 0 heterocycles. The van der Waals surface area contributed by atoms with Crippen LogP contribution < -0.4 is 0 Å². The normalized spacial score (nSPS) is 19.1. The van der Waals surface area contributed by atoms with Gasteiger partial charge in [-0.15, -0.1) is 0 Å². The second kappa shape index (κ2) is 9.37. The quantitative estimate of drug-likeness (QED) is 0.388. The summed E-state index contributed by atoms with van der Waals surface area (Å²) < 4.78 is 0. The van der Waals surface area contributed by atoms with Gasteiger partial charge in [0.05, 0.1) is 0 Å². The molecule has 0 saturated heterocycles. The van der Waals surface area contributed by atoms with Crippen LogP contribution in [-0.2, 0) is 0 Å². The van der Waals surface area contributed by atoms with Gasteiger partial charge in [-0.25, -0.2) is 0 Å².